The average molecular weight is 414 g/mol. The minimum absolute atomic E-state index is 0.0251. The minimum atomic E-state index is -0.452. The van der Waals surface area contributed by atoms with E-state index < -0.39 is 5.41 Å². The zero-order valence-corrected chi connectivity index (χ0v) is 18.1. The number of amides is 1. The fraction of sp³-hybridized carbons (Fsp3) is 0.400. The monoisotopic (exact) mass is 413 g/mol. The van der Waals surface area contributed by atoms with Crippen LogP contribution >= 0.6 is 22.7 Å². The van der Waals surface area contributed by atoms with Crippen LogP contribution in [0.15, 0.2) is 18.3 Å². The van der Waals surface area contributed by atoms with E-state index in [1.807, 2.05) is 39.8 Å². The number of aryl methyl sites for hydroxylation is 3. The van der Waals surface area contributed by atoms with E-state index in [0.29, 0.717) is 5.13 Å². The van der Waals surface area contributed by atoms with Gasteiger partial charge >= 0.3 is 0 Å². The van der Waals surface area contributed by atoms with Crippen LogP contribution in [0.5, 0.6) is 0 Å². The summed E-state index contributed by atoms with van der Waals surface area (Å²) < 4.78 is 0. The van der Waals surface area contributed by atoms with Crippen LogP contribution < -0.4 is 10.6 Å². The lowest BCUT2D eigenvalue weighted by Gasteiger charge is -2.15. The first-order chi connectivity index (χ1) is 13.3. The summed E-state index contributed by atoms with van der Waals surface area (Å²) in [4.78, 5) is 28.6. The number of aromatic nitrogens is 3. The number of carbonyl (C=O) groups excluding carboxylic acids is 1. The van der Waals surface area contributed by atoms with Gasteiger partial charge in [-0.2, -0.15) is 0 Å². The third-order valence-corrected chi connectivity index (χ3v) is 6.61. The van der Waals surface area contributed by atoms with Gasteiger partial charge in [0.1, 0.15) is 5.82 Å². The fourth-order valence-electron chi connectivity index (χ4n) is 2.93. The Labute approximate surface area is 172 Å². The Morgan fingerprint density at radius 3 is 2.71 bits per heavy atom. The van der Waals surface area contributed by atoms with Gasteiger partial charge in [0, 0.05) is 16.5 Å². The number of carbonyl (C=O) groups is 1. The van der Waals surface area contributed by atoms with Crippen molar-refractivity contribution in [1.82, 2.24) is 15.0 Å². The largest absolute Gasteiger partial charge is 0.316 e. The molecule has 0 bridgehead atoms. The van der Waals surface area contributed by atoms with E-state index in [2.05, 4.69) is 20.6 Å². The minimum Gasteiger partial charge on any atom is -0.316 e. The summed E-state index contributed by atoms with van der Waals surface area (Å²) in [7, 11) is 0. The summed E-state index contributed by atoms with van der Waals surface area (Å²) in [6, 6.07) is 3.95. The third kappa shape index (κ3) is 3.79. The standard InChI is InChI=1S/C20H23N5OS2/c1-11-7-6-10-21-16(11)24-19-23-14-13(27-19)9-5-8-12-15(14)28-18(22-12)25-17(26)20(2,3)4/h6-7,10H,5,8-9H2,1-4H3,(H,21,23,24)(H,22,25,26). The number of rotatable bonds is 3. The summed E-state index contributed by atoms with van der Waals surface area (Å²) in [5.41, 5.74) is 2.65. The van der Waals surface area contributed by atoms with E-state index in [1.54, 1.807) is 17.5 Å². The summed E-state index contributed by atoms with van der Waals surface area (Å²) >= 11 is 3.19. The van der Waals surface area contributed by atoms with Crippen molar-refractivity contribution in [3.63, 3.8) is 0 Å². The highest BCUT2D eigenvalue weighted by Gasteiger charge is 2.26. The smallest absolute Gasteiger partial charge is 0.231 e. The lowest BCUT2D eigenvalue weighted by molar-refractivity contribution is -0.123. The van der Waals surface area contributed by atoms with Crippen molar-refractivity contribution in [2.24, 2.45) is 5.41 Å². The molecule has 0 atom stereocenters. The SMILES string of the molecule is Cc1cccnc1Nc1nc2c(s1)CCCc1nc(NC(=O)C(C)(C)C)sc1-2. The number of hydrogen-bond acceptors (Lipinski definition) is 7. The maximum atomic E-state index is 12.3. The topological polar surface area (TPSA) is 79.8 Å². The molecule has 28 heavy (non-hydrogen) atoms. The van der Waals surface area contributed by atoms with E-state index >= 15 is 0 Å². The van der Waals surface area contributed by atoms with Gasteiger partial charge in [0.2, 0.25) is 5.91 Å². The summed E-state index contributed by atoms with van der Waals surface area (Å²) in [6.45, 7) is 7.73. The van der Waals surface area contributed by atoms with Crippen LogP contribution in [0.3, 0.4) is 0 Å². The second kappa shape index (κ2) is 7.25. The van der Waals surface area contributed by atoms with Gasteiger partial charge in [-0.1, -0.05) is 38.2 Å². The molecule has 6 nitrogen and oxygen atoms in total. The van der Waals surface area contributed by atoms with Gasteiger partial charge in [-0.15, -0.1) is 11.3 Å². The number of nitrogens with zero attached hydrogens (tertiary/aromatic N) is 3. The number of fused-ring (bicyclic) bond motifs is 3. The van der Waals surface area contributed by atoms with Crippen LogP contribution in [0, 0.1) is 12.3 Å². The first-order valence-electron chi connectivity index (χ1n) is 9.31. The zero-order chi connectivity index (χ0) is 19.9. The number of thiazole rings is 2. The molecule has 3 aromatic heterocycles. The number of nitrogens with one attached hydrogen (secondary N) is 2. The number of hydrogen-bond donors (Lipinski definition) is 2. The van der Waals surface area contributed by atoms with Crippen LogP contribution in [0.1, 0.15) is 43.3 Å². The van der Waals surface area contributed by atoms with Crippen LogP contribution in [-0.2, 0) is 17.6 Å². The van der Waals surface area contributed by atoms with Crippen molar-refractivity contribution in [1.29, 1.82) is 0 Å². The molecule has 3 heterocycles. The fourth-order valence-corrected chi connectivity index (χ4v) is 5.03. The molecular weight excluding hydrogens is 390 g/mol. The molecule has 0 aliphatic heterocycles. The first-order valence-corrected chi connectivity index (χ1v) is 10.9. The molecule has 0 saturated heterocycles. The molecule has 0 aromatic carbocycles. The van der Waals surface area contributed by atoms with Gasteiger partial charge in [-0.05, 0) is 37.8 Å². The van der Waals surface area contributed by atoms with Crippen molar-refractivity contribution in [3.05, 3.63) is 34.5 Å². The third-order valence-electron chi connectivity index (χ3n) is 4.56. The van der Waals surface area contributed by atoms with Crippen LogP contribution in [0.4, 0.5) is 16.1 Å². The molecule has 1 amide bonds. The summed E-state index contributed by atoms with van der Waals surface area (Å²) in [5, 5.41) is 7.81. The van der Waals surface area contributed by atoms with Crippen LogP contribution in [-0.4, -0.2) is 20.9 Å². The van der Waals surface area contributed by atoms with Crippen molar-refractivity contribution in [2.75, 3.05) is 10.6 Å². The predicted octanol–water partition coefficient (Wildman–Crippen LogP) is 5.19. The van der Waals surface area contributed by atoms with Gasteiger partial charge in [0.25, 0.3) is 0 Å². The number of anilines is 3. The van der Waals surface area contributed by atoms with E-state index in [1.165, 1.54) is 16.2 Å². The van der Waals surface area contributed by atoms with Gasteiger partial charge < -0.3 is 10.6 Å². The molecule has 0 fully saturated rings. The first kappa shape index (κ1) is 19.0. The van der Waals surface area contributed by atoms with E-state index in [9.17, 15) is 4.79 Å². The Bertz CT molecular complexity index is 1030. The molecule has 3 aromatic rings. The Balaban J connectivity index is 1.64. The Hall–Kier alpha value is -2.32. The lowest BCUT2D eigenvalue weighted by Crippen LogP contribution is -2.27. The Morgan fingerprint density at radius 2 is 1.96 bits per heavy atom. The predicted molar refractivity (Wildman–Crippen MR) is 116 cm³/mol. The molecule has 0 radical (unpaired) electrons. The van der Waals surface area contributed by atoms with Crippen molar-refractivity contribution in [3.8, 4) is 10.6 Å². The van der Waals surface area contributed by atoms with Gasteiger partial charge in [0.15, 0.2) is 10.3 Å². The van der Waals surface area contributed by atoms with E-state index in [4.69, 9.17) is 4.98 Å². The highest BCUT2D eigenvalue weighted by Crippen LogP contribution is 2.42. The molecule has 2 N–H and O–H groups in total. The normalized spacial score (nSPS) is 13.4. The Kier molecular flexibility index (Phi) is 4.93. The van der Waals surface area contributed by atoms with E-state index in [0.717, 1.165) is 52.0 Å². The molecule has 8 heteroatoms. The maximum Gasteiger partial charge on any atom is 0.231 e. The summed E-state index contributed by atoms with van der Waals surface area (Å²) in [6.07, 6.45) is 4.70. The summed E-state index contributed by atoms with van der Waals surface area (Å²) in [5.74, 6) is 0.803. The second-order valence-corrected chi connectivity index (χ2v) is 10.0. The van der Waals surface area contributed by atoms with Gasteiger partial charge in [0.05, 0.1) is 16.3 Å². The molecule has 0 saturated carbocycles. The van der Waals surface area contributed by atoms with Crippen molar-refractivity contribution in [2.45, 2.75) is 47.0 Å². The molecule has 4 rings (SSSR count). The zero-order valence-electron chi connectivity index (χ0n) is 16.4. The van der Waals surface area contributed by atoms with Crippen LogP contribution in [0.2, 0.25) is 0 Å². The van der Waals surface area contributed by atoms with Gasteiger partial charge in [-0.25, -0.2) is 15.0 Å². The highest BCUT2D eigenvalue weighted by molar-refractivity contribution is 7.20. The quantitative estimate of drug-likeness (QED) is 0.618. The lowest BCUT2D eigenvalue weighted by atomic mass is 9.96. The van der Waals surface area contributed by atoms with Crippen molar-refractivity contribution < 1.29 is 4.79 Å². The average Bonchev–Trinajstić information content (AvgIpc) is 3.17. The maximum absolute atomic E-state index is 12.3. The number of pyridine rings is 1. The highest BCUT2D eigenvalue weighted by atomic mass is 32.1. The molecule has 146 valence electrons. The Morgan fingerprint density at radius 1 is 1.14 bits per heavy atom. The molecule has 0 unspecified atom stereocenters. The second-order valence-electron chi connectivity index (χ2n) is 7.94. The van der Waals surface area contributed by atoms with Crippen molar-refractivity contribution >= 4 is 44.7 Å². The van der Waals surface area contributed by atoms with Gasteiger partial charge in [-0.3, -0.25) is 4.79 Å². The molecule has 1 aliphatic carbocycles. The van der Waals surface area contributed by atoms with Crippen LogP contribution in [0.25, 0.3) is 10.6 Å². The molecule has 0 spiro atoms. The molecule has 1 aliphatic rings. The van der Waals surface area contributed by atoms with E-state index in [-0.39, 0.29) is 5.91 Å². The molecular formula is C20H23N5OS2.